The van der Waals surface area contributed by atoms with Gasteiger partial charge in [0.05, 0.1) is 27.7 Å². The number of phosphoric acid groups is 1. The maximum absolute atomic E-state index is 12.7. The summed E-state index contributed by atoms with van der Waals surface area (Å²) in [7, 11) is 1.28. The van der Waals surface area contributed by atoms with Crippen LogP contribution in [0.4, 0.5) is 0 Å². The molecule has 0 radical (unpaired) electrons. The van der Waals surface area contributed by atoms with Crippen LogP contribution in [0.15, 0.2) is 97.2 Å². The van der Waals surface area contributed by atoms with Crippen LogP contribution in [0.25, 0.3) is 0 Å². The number of carbonyl (C=O) groups is 3. The lowest BCUT2D eigenvalue weighted by Gasteiger charge is -2.24. The van der Waals surface area contributed by atoms with Crippen LogP contribution in [-0.2, 0) is 37.5 Å². The zero-order valence-corrected chi connectivity index (χ0v) is 38.1. The molecule has 0 aliphatic carbocycles. The van der Waals surface area contributed by atoms with E-state index in [4.69, 9.17) is 18.5 Å². The van der Waals surface area contributed by atoms with Gasteiger partial charge >= 0.3 is 19.8 Å². The highest BCUT2D eigenvalue weighted by atomic mass is 31.2. The minimum Gasteiger partial charge on any atom is -0.462 e. The van der Waals surface area contributed by atoms with Crippen LogP contribution in [0.3, 0.4) is 0 Å². The Balaban J connectivity index is 4.68. The molecule has 11 heteroatoms. The Morgan fingerprint density at radius 3 is 1.59 bits per heavy atom. The van der Waals surface area contributed by atoms with Crippen molar-refractivity contribution in [3.63, 3.8) is 0 Å². The molecule has 0 fully saturated rings. The first-order chi connectivity index (χ1) is 28.4. The lowest BCUT2D eigenvalue weighted by Crippen LogP contribution is -2.37. The van der Waals surface area contributed by atoms with Gasteiger partial charge in [0.2, 0.25) is 0 Å². The largest absolute Gasteiger partial charge is 0.472 e. The number of allylic oxidation sites excluding steroid dienone is 16. The lowest BCUT2D eigenvalue weighted by molar-refractivity contribution is -0.870. The van der Waals surface area contributed by atoms with Crippen LogP contribution >= 0.6 is 7.82 Å². The van der Waals surface area contributed by atoms with E-state index < -0.39 is 32.5 Å². The number of ketones is 1. The molecular weight excluding hydrogens is 766 g/mol. The Bertz CT molecular complexity index is 1380. The molecule has 0 aliphatic heterocycles. The van der Waals surface area contributed by atoms with Crippen molar-refractivity contribution in [2.45, 2.75) is 142 Å². The number of phosphoric ester groups is 1. The predicted octanol–water partition coefficient (Wildman–Crippen LogP) is 11.8. The maximum Gasteiger partial charge on any atom is 0.472 e. The maximum atomic E-state index is 12.7. The van der Waals surface area contributed by atoms with Gasteiger partial charge < -0.3 is 18.9 Å². The summed E-state index contributed by atoms with van der Waals surface area (Å²) in [5, 5.41) is 0. The van der Waals surface area contributed by atoms with E-state index in [9.17, 15) is 23.8 Å². The van der Waals surface area contributed by atoms with Gasteiger partial charge in [-0.2, -0.15) is 0 Å². The van der Waals surface area contributed by atoms with Crippen LogP contribution in [0.5, 0.6) is 0 Å². The second-order valence-electron chi connectivity index (χ2n) is 15.4. The van der Waals surface area contributed by atoms with Crippen molar-refractivity contribution in [2.24, 2.45) is 0 Å². The van der Waals surface area contributed by atoms with Gasteiger partial charge in [-0.05, 0) is 83.1 Å². The minimum absolute atomic E-state index is 0.0252. The van der Waals surface area contributed by atoms with Gasteiger partial charge in [0.15, 0.2) is 11.9 Å². The average molecular weight is 845 g/mol. The van der Waals surface area contributed by atoms with E-state index in [1.54, 1.807) is 6.08 Å². The smallest absolute Gasteiger partial charge is 0.462 e. The fraction of sp³-hybridized carbons (Fsp3) is 0.604. The van der Waals surface area contributed by atoms with Gasteiger partial charge in [0, 0.05) is 19.3 Å². The Kier molecular flexibility index (Phi) is 36.5. The van der Waals surface area contributed by atoms with Crippen molar-refractivity contribution < 1.29 is 46.8 Å². The highest BCUT2D eigenvalue weighted by Gasteiger charge is 2.27. The third-order valence-electron chi connectivity index (χ3n) is 8.56. The second kappa shape index (κ2) is 38.8. The van der Waals surface area contributed by atoms with Crippen molar-refractivity contribution in [1.82, 2.24) is 0 Å². The number of carbonyl (C=O) groups excluding carboxylic acids is 3. The molecule has 0 rings (SSSR count). The molecule has 0 amide bonds. The van der Waals surface area contributed by atoms with E-state index in [1.165, 1.54) is 44.6 Å². The molecule has 0 aromatic heterocycles. The number of nitrogens with zero attached hydrogens (tertiary/aromatic N) is 1. The van der Waals surface area contributed by atoms with E-state index in [1.807, 2.05) is 39.4 Å². The van der Waals surface area contributed by atoms with Gasteiger partial charge in [-0.3, -0.25) is 23.4 Å². The molecule has 59 heavy (non-hydrogen) atoms. The molecule has 1 unspecified atom stereocenters. The molecule has 0 saturated carbocycles. The number of unbranched alkanes of at least 4 members (excludes halogenated alkanes) is 7. The standard InChI is InChI=1S/C48H78NO9P/c1-6-8-10-12-14-16-18-20-21-22-23-25-27-29-31-33-35-39-47(51)55-43-46(44-57-59(53,54)56-42-41-49(3,4)5)58-48(52)40-36-38-45(50)37-34-32-30-28-26-24-19-17-15-13-11-9-7-2/h14-17,20-21,23-26,29-32,34,37,46H,6-13,18-19,22,27-28,33,35-36,38-44H2,1-5H3/p+1/b16-14-,17-15-,21-20-,25-23-,26-24-,31-29-,32-30-,37-34+/t46-/m1/s1. The van der Waals surface area contributed by atoms with E-state index in [0.29, 0.717) is 23.9 Å². The van der Waals surface area contributed by atoms with Crippen molar-refractivity contribution in [1.29, 1.82) is 0 Å². The number of rotatable bonds is 38. The van der Waals surface area contributed by atoms with Crippen LogP contribution in [0.1, 0.15) is 136 Å². The molecule has 2 atom stereocenters. The summed E-state index contributed by atoms with van der Waals surface area (Å²) in [6.07, 6.45) is 47.6. The Labute approximate surface area is 358 Å². The van der Waals surface area contributed by atoms with Crippen molar-refractivity contribution >= 4 is 25.5 Å². The summed E-state index contributed by atoms with van der Waals surface area (Å²) in [6.45, 7) is 3.99. The van der Waals surface area contributed by atoms with E-state index in [0.717, 1.165) is 44.9 Å². The molecular formula is C48H79NO9P+. The number of ether oxygens (including phenoxy) is 2. The summed E-state index contributed by atoms with van der Waals surface area (Å²) in [5.41, 5.74) is 0. The molecule has 0 heterocycles. The monoisotopic (exact) mass is 845 g/mol. The molecule has 1 N–H and O–H groups in total. The second-order valence-corrected chi connectivity index (χ2v) is 16.9. The summed E-state index contributed by atoms with van der Waals surface area (Å²) in [6, 6.07) is 0. The third-order valence-corrected chi connectivity index (χ3v) is 9.55. The Hall–Kier alpha value is -3.40. The van der Waals surface area contributed by atoms with Gasteiger partial charge in [-0.15, -0.1) is 0 Å². The van der Waals surface area contributed by atoms with Gasteiger partial charge in [-0.1, -0.05) is 131 Å². The van der Waals surface area contributed by atoms with Crippen LogP contribution < -0.4 is 0 Å². The SMILES string of the molecule is CCCCC/C=C\C/C=C\C/C=C\C=C\C(=O)CCCC(=O)O[C@H](COC(=O)CCC/C=C\C/C=C\C/C=C\C/C=C\CCCCC)COP(=O)(O)OCC[N+](C)(C)C. The first-order valence-corrected chi connectivity index (χ1v) is 23.4. The predicted molar refractivity (Wildman–Crippen MR) is 243 cm³/mol. The lowest BCUT2D eigenvalue weighted by atomic mass is 10.1. The molecule has 0 aromatic carbocycles. The number of hydrogen-bond donors (Lipinski definition) is 1. The third kappa shape index (κ3) is 42.5. The zero-order valence-electron chi connectivity index (χ0n) is 37.2. The normalized spacial score (nSPS) is 14.4. The topological polar surface area (TPSA) is 125 Å². The summed E-state index contributed by atoms with van der Waals surface area (Å²) >= 11 is 0. The minimum atomic E-state index is -4.46. The van der Waals surface area contributed by atoms with Crippen LogP contribution in [0, 0.1) is 0 Å². The summed E-state index contributed by atoms with van der Waals surface area (Å²) in [4.78, 5) is 47.6. The number of hydrogen-bond acceptors (Lipinski definition) is 8. The van der Waals surface area contributed by atoms with E-state index in [-0.39, 0.29) is 44.7 Å². The number of quaternary nitrogens is 1. The molecule has 0 aromatic rings. The zero-order chi connectivity index (χ0) is 43.7. The molecule has 334 valence electrons. The molecule has 0 bridgehead atoms. The fourth-order valence-corrected chi connectivity index (χ4v) is 5.82. The van der Waals surface area contributed by atoms with Crippen LogP contribution in [-0.4, -0.2) is 80.7 Å². The van der Waals surface area contributed by atoms with Gasteiger partial charge in [-0.25, -0.2) is 4.57 Å². The van der Waals surface area contributed by atoms with Crippen molar-refractivity contribution in [3.05, 3.63) is 97.2 Å². The molecule has 0 aliphatic rings. The number of esters is 2. The number of likely N-dealkylation sites (N-methyl/N-ethyl adjacent to an activating group) is 1. The average Bonchev–Trinajstić information content (AvgIpc) is 3.18. The van der Waals surface area contributed by atoms with Crippen LogP contribution in [0.2, 0.25) is 0 Å². The summed E-state index contributed by atoms with van der Waals surface area (Å²) in [5.74, 6) is -1.26. The first-order valence-electron chi connectivity index (χ1n) is 21.9. The fourth-order valence-electron chi connectivity index (χ4n) is 5.08. The van der Waals surface area contributed by atoms with E-state index in [2.05, 4.69) is 80.7 Å². The van der Waals surface area contributed by atoms with Gasteiger partial charge in [0.25, 0.3) is 0 Å². The Morgan fingerprint density at radius 2 is 1.07 bits per heavy atom. The van der Waals surface area contributed by atoms with Gasteiger partial charge in [0.1, 0.15) is 19.8 Å². The highest BCUT2D eigenvalue weighted by molar-refractivity contribution is 7.47. The van der Waals surface area contributed by atoms with Crippen molar-refractivity contribution in [2.75, 3.05) is 47.5 Å². The molecule has 10 nitrogen and oxygen atoms in total. The van der Waals surface area contributed by atoms with E-state index >= 15 is 0 Å². The summed E-state index contributed by atoms with van der Waals surface area (Å²) < 4.78 is 34.0. The highest BCUT2D eigenvalue weighted by Crippen LogP contribution is 2.43. The quantitative estimate of drug-likeness (QED) is 0.0123. The Morgan fingerprint density at radius 1 is 0.576 bits per heavy atom. The molecule has 0 saturated heterocycles. The van der Waals surface area contributed by atoms with Crippen molar-refractivity contribution in [3.8, 4) is 0 Å². The first kappa shape index (κ1) is 55.6. The molecule has 0 spiro atoms.